The van der Waals surface area contributed by atoms with Crippen LogP contribution in [0.25, 0.3) is 0 Å². The SMILES string of the molecule is O=C(Nc1c(Br)cc(Cl)nc1C(=O)O)OCc1ccccc1. The van der Waals surface area contributed by atoms with Crippen LogP contribution < -0.4 is 5.32 Å². The molecule has 0 atom stereocenters. The molecule has 0 saturated heterocycles. The largest absolute Gasteiger partial charge is 0.476 e. The molecule has 2 rings (SSSR count). The predicted molar refractivity (Wildman–Crippen MR) is 84.2 cm³/mol. The van der Waals surface area contributed by atoms with E-state index in [1.807, 2.05) is 18.2 Å². The molecule has 0 spiro atoms. The number of nitrogens with one attached hydrogen (secondary N) is 1. The van der Waals surface area contributed by atoms with Gasteiger partial charge in [-0.05, 0) is 27.6 Å². The molecule has 0 saturated carbocycles. The minimum Gasteiger partial charge on any atom is -0.476 e. The lowest BCUT2D eigenvalue weighted by Crippen LogP contribution is -2.17. The lowest BCUT2D eigenvalue weighted by Gasteiger charge is -2.11. The Morgan fingerprint density at radius 1 is 1.32 bits per heavy atom. The van der Waals surface area contributed by atoms with Crippen molar-refractivity contribution in [2.75, 3.05) is 5.32 Å². The third kappa shape index (κ3) is 4.19. The molecule has 0 radical (unpaired) electrons. The molecule has 2 aromatic rings. The molecule has 0 bridgehead atoms. The normalized spacial score (nSPS) is 10.1. The number of rotatable bonds is 4. The molecule has 0 aliphatic rings. The number of carboxylic acid groups (broad SMARTS) is 1. The third-order valence-electron chi connectivity index (χ3n) is 2.58. The zero-order valence-electron chi connectivity index (χ0n) is 11.0. The second-order valence-electron chi connectivity index (χ2n) is 4.14. The first-order chi connectivity index (χ1) is 10.5. The smallest absolute Gasteiger partial charge is 0.412 e. The Morgan fingerprint density at radius 2 is 2.00 bits per heavy atom. The number of ether oxygens (including phenoxy) is 1. The molecule has 8 heteroatoms. The van der Waals surface area contributed by atoms with E-state index in [0.717, 1.165) is 5.56 Å². The molecule has 22 heavy (non-hydrogen) atoms. The van der Waals surface area contributed by atoms with Crippen molar-refractivity contribution in [2.45, 2.75) is 6.61 Å². The number of carbonyl (C=O) groups is 2. The fourth-order valence-electron chi connectivity index (χ4n) is 1.62. The lowest BCUT2D eigenvalue weighted by atomic mass is 10.2. The van der Waals surface area contributed by atoms with Crippen molar-refractivity contribution in [2.24, 2.45) is 0 Å². The van der Waals surface area contributed by atoms with E-state index < -0.39 is 12.1 Å². The number of aromatic carboxylic acids is 1. The van der Waals surface area contributed by atoms with E-state index in [9.17, 15) is 9.59 Å². The highest BCUT2D eigenvalue weighted by molar-refractivity contribution is 9.10. The van der Waals surface area contributed by atoms with Crippen LogP contribution in [0.2, 0.25) is 5.15 Å². The summed E-state index contributed by atoms with van der Waals surface area (Å²) in [6.07, 6.45) is -0.795. The zero-order valence-corrected chi connectivity index (χ0v) is 13.4. The number of halogens is 2. The average molecular weight is 386 g/mol. The topological polar surface area (TPSA) is 88.5 Å². The summed E-state index contributed by atoms with van der Waals surface area (Å²) in [6, 6.07) is 10.5. The fraction of sp³-hybridized carbons (Fsp3) is 0.0714. The number of hydrogen-bond acceptors (Lipinski definition) is 4. The van der Waals surface area contributed by atoms with Gasteiger partial charge in [0.15, 0.2) is 5.69 Å². The van der Waals surface area contributed by atoms with Gasteiger partial charge in [-0.25, -0.2) is 14.6 Å². The molecule has 1 aromatic heterocycles. The summed E-state index contributed by atoms with van der Waals surface area (Å²) in [5.41, 5.74) is 0.412. The van der Waals surface area contributed by atoms with Gasteiger partial charge in [-0.2, -0.15) is 0 Å². The zero-order chi connectivity index (χ0) is 16.1. The first-order valence-electron chi connectivity index (χ1n) is 6.04. The molecule has 0 aliphatic heterocycles. The van der Waals surface area contributed by atoms with Gasteiger partial charge in [-0.1, -0.05) is 41.9 Å². The number of carboxylic acids is 1. The minimum atomic E-state index is -1.32. The minimum absolute atomic E-state index is 0.00696. The van der Waals surface area contributed by atoms with Gasteiger partial charge in [0, 0.05) is 4.47 Å². The van der Waals surface area contributed by atoms with Crippen LogP contribution in [0.15, 0.2) is 40.9 Å². The summed E-state index contributed by atoms with van der Waals surface area (Å²) in [6.45, 7) is 0.0632. The average Bonchev–Trinajstić information content (AvgIpc) is 2.48. The maximum Gasteiger partial charge on any atom is 0.412 e. The van der Waals surface area contributed by atoms with Crippen molar-refractivity contribution in [3.05, 3.63) is 57.3 Å². The van der Waals surface area contributed by atoms with E-state index in [2.05, 4.69) is 26.2 Å². The van der Waals surface area contributed by atoms with Crippen molar-refractivity contribution in [1.82, 2.24) is 4.98 Å². The van der Waals surface area contributed by atoms with Crippen molar-refractivity contribution >= 4 is 45.3 Å². The Labute approximate surface area is 139 Å². The fourth-order valence-corrected chi connectivity index (χ4v) is 2.45. The Balaban J connectivity index is 2.10. The first-order valence-corrected chi connectivity index (χ1v) is 7.21. The van der Waals surface area contributed by atoms with Gasteiger partial charge >= 0.3 is 12.1 Å². The van der Waals surface area contributed by atoms with Gasteiger partial charge in [0.25, 0.3) is 0 Å². The number of amides is 1. The van der Waals surface area contributed by atoms with Crippen LogP contribution in [0, 0.1) is 0 Å². The van der Waals surface area contributed by atoms with Gasteiger partial charge in [0.05, 0.1) is 5.69 Å². The summed E-state index contributed by atoms with van der Waals surface area (Å²) in [4.78, 5) is 26.6. The molecule has 1 heterocycles. The highest BCUT2D eigenvalue weighted by Crippen LogP contribution is 2.28. The summed E-state index contributed by atoms with van der Waals surface area (Å²) >= 11 is 8.83. The quantitative estimate of drug-likeness (QED) is 0.778. The van der Waals surface area contributed by atoms with Crippen molar-refractivity contribution in [3.63, 3.8) is 0 Å². The Bertz CT molecular complexity index is 709. The molecule has 2 N–H and O–H groups in total. The van der Waals surface area contributed by atoms with Crippen molar-refractivity contribution in [1.29, 1.82) is 0 Å². The predicted octanol–water partition coefficient (Wildman–Crippen LogP) is 3.94. The van der Waals surface area contributed by atoms with Gasteiger partial charge < -0.3 is 9.84 Å². The van der Waals surface area contributed by atoms with E-state index >= 15 is 0 Å². The highest BCUT2D eigenvalue weighted by Gasteiger charge is 2.19. The first kappa shape index (κ1) is 16.3. The van der Waals surface area contributed by atoms with E-state index in [0.29, 0.717) is 4.47 Å². The third-order valence-corrected chi connectivity index (χ3v) is 3.40. The van der Waals surface area contributed by atoms with E-state index in [-0.39, 0.29) is 23.1 Å². The molecule has 0 fully saturated rings. The maximum absolute atomic E-state index is 11.8. The molecule has 114 valence electrons. The summed E-state index contributed by atoms with van der Waals surface area (Å²) in [5, 5.41) is 11.4. The van der Waals surface area contributed by atoms with Crippen LogP contribution >= 0.6 is 27.5 Å². The van der Waals surface area contributed by atoms with E-state index in [1.54, 1.807) is 12.1 Å². The second kappa shape index (κ2) is 7.24. The number of pyridine rings is 1. The highest BCUT2D eigenvalue weighted by atomic mass is 79.9. The van der Waals surface area contributed by atoms with Crippen LogP contribution in [0.3, 0.4) is 0 Å². The molecule has 6 nitrogen and oxygen atoms in total. The number of hydrogen-bond donors (Lipinski definition) is 2. The summed E-state index contributed by atoms with van der Waals surface area (Å²) in [5.74, 6) is -1.32. The van der Waals surface area contributed by atoms with Gasteiger partial charge in [-0.15, -0.1) is 0 Å². The Hall–Kier alpha value is -2.12. The number of aromatic nitrogens is 1. The monoisotopic (exact) mass is 384 g/mol. The van der Waals surface area contributed by atoms with Gasteiger partial charge in [-0.3, -0.25) is 5.32 Å². The van der Waals surface area contributed by atoms with E-state index in [4.69, 9.17) is 21.4 Å². The number of nitrogens with zero attached hydrogens (tertiary/aromatic N) is 1. The number of anilines is 1. The summed E-state index contributed by atoms with van der Waals surface area (Å²) in [7, 11) is 0. The lowest BCUT2D eigenvalue weighted by molar-refractivity contribution is 0.0691. The molecular formula is C14H10BrClN2O4. The maximum atomic E-state index is 11.8. The van der Waals surface area contributed by atoms with Crippen LogP contribution in [0.5, 0.6) is 0 Å². The van der Waals surface area contributed by atoms with Gasteiger partial charge in [0.1, 0.15) is 11.8 Å². The molecule has 0 aliphatic carbocycles. The van der Waals surface area contributed by atoms with Crippen LogP contribution in [-0.4, -0.2) is 22.2 Å². The van der Waals surface area contributed by atoms with E-state index in [1.165, 1.54) is 6.07 Å². The number of benzene rings is 1. The van der Waals surface area contributed by atoms with Crippen LogP contribution in [0.1, 0.15) is 16.1 Å². The van der Waals surface area contributed by atoms with Crippen LogP contribution in [0.4, 0.5) is 10.5 Å². The van der Waals surface area contributed by atoms with Crippen molar-refractivity contribution in [3.8, 4) is 0 Å². The molecular weight excluding hydrogens is 376 g/mol. The van der Waals surface area contributed by atoms with Gasteiger partial charge in [0.2, 0.25) is 0 Å². The molecule has 1 aromatic carbocycles. The Kier molecular flexibility index (Phi) is 5.35. The molecule has 0 unspecified atom stereocenters. The Morgan fingerprint density at radius 3 is 2.64 bits per heavy atom. The standard InChI is InChI=1S/C14H10BrClN2O4/c15-9-6-10(16)17-12(13(19)20)11(9)18-14(21)22-7-8-4-2-1-3-5-8/h1-6H,7H2,(H,18,21)(H,19,20). The summed E-state index contributed by atoms with van der Waals surface area (Å²) < 4.78 is 5.32. The molecule has 1 amide bonds. The number of carbonyl (C=O) groups excluding carboxylic acids is 1. The van der Waals surface area contributed by atoms with Crippen LogP contribution in [-0.2, 0) is 11.3 Å². The second-order valence-corrected chi connectivity index (χ2v) is 5.38. The van der Waals surface area contributed by atoms with Crippen molar-refractivity contribution < 1.29 is 19.4 Å².